The Balaban J connectivity index is 1.91. The summed E-state index contributed by atoms with van der Waals surface area (Å²) in [6.07, 6.45) is 0.756. The van der Waals surface area contributed by atoms with E-state index in [1.165, 1.54) is 11.3 Å². The van der Waals surface area contributed by atoms with Crippen molar-refractivity contribution in [1.82, 2.24) is 14.9 Å². The summed E-state index contributed by atoms with van der Waals surface area (Å²) in [4.78, 5) is 29.4. The first-order valence-corrected chi connectivity index (χ1v) is 11.6. The third-order valence-corrected chi connectivity index (χ3v) is 6.03. The summed E-state index contributed by atoms with van der Waals surface area (Å²) < 4.78 is 17.4. The predicted octanol–water partition coefficient (Wildman–Crippen LogP) is 3.72. The summed E-state index contributed by atoms with van der Waals surface area (Å²) in [5.74, 6) is 0.190. The van der Waals surface area contributed by atoms with E-state index in [0.29, 0.717) is 36.0 Å². The third kappa shape index (κ3) is 6.00. The van der Waals surface area contributed by atoms with Crippen LogP contribution >= 0.6 is 11.3 Å². The number of aryl methyl sites for hydroxylation is 1. The maximum Gasteiger partial charge on any atom is 0.367 e. The molecule has 9 heteroatoms. The number of hydrogen-bond donors (Lipinski definition) is 1. The number of carbonyl (C=O) groups is 2. The molecule has 2 heterocycles. The van der Waals surface area contributed by atoms with Gasteiger partial charge in [0.05, 0.1) is 37.3 Å². The van der Waals surface area contributed by atoms with E-state index in [2.05, 4.69) is 14.9 Å². The first-order chi connectivity index (χ1) is 16.0. The van der Waals surface area contributed by atoms with Gasteiger partial charge in [-0.1, -0.05) is 12.1 Å². The highest BCUT2D eigenvalue weighted by Crippen LogP contribution is 2.28. The van der Waals surface area contributed by atoms with Gasteiger partial charge in [-0.3, -0.25) is 4.79 Å². The number of thiazole rings is 1. The summed E-state index contributed by atoms with van der Waals surface area (Å²) >= 11 is 1.23. The van der Waals surface area contributed by atoms with Crippen LogP contribution in [0, 0.1) is 6.92 Å². The van der Waals surface area contributed by atoms with E-state index in [-0.39, 0.29) is 12.5 Å². The van der Waals surface area contributed by atoms with Crippen molar-refractivity contribution in [1.29, 1.82) is 0 Å². The van der Waals surface area contributed by atoms with Crippen LogP contribution in [0.4, 0.5) is 0 Å². The van der Waals surface area contributed by atoms with E-state index >= 15 is 0 Å². The lowest BCUT2D eigenvalue weighted by atomic mass is 10.1. The van der Waals surface area contributed by atoms with E-state index in [1.54, 1.807) is 21.1 Å². The van der Waals surface area contributed by atoms with Crippen LogP contribution in [0.15, 0.2) is 35.7 Å². The fraction of sp³-hybridized carbons (Fsp3) is 0.375. The van der Waals surface area contributed by atoms with Crippen molar-refractivity contribution >= 4 is 23.2 Å². The fourth-order valence-electron chi connectivity index (χ4n) is 3.45. The Kier molecular flexibility index (Phi) is 8.62. The van der Waals surface area contributed by atoms with Crippen LogP contribution in [0.2, 0.25) is 0 Å². The molecule has 0 saturated heterocycles. The molecule has 0 radical (unpaired) electrons. The minimum Gasteiger partial charge on any atom is -0.497 e. The molecule has 0 fully saturated rings. The smallest absolute Gasteiger partial charge is 0.367 e. The Hall–Kier alpha value is -3.17. The predicted molar refractivity (Wildman–Crippen MR) is 127 cm³/mol. The lowest BCUT2D eigenvalue weighted by molar-refractivity contribution is 0.0526. The molecule has 0 spiro atoms. The van der Waals surface area contributed by atoms with Gasteiger partial charge in [-0.25, -0.2) is 9.78 Å². The first-order valence-electron chi connectivity index (χ1n) is 10.7. The molecule has 0 unspecified atom stereocenters. The summed E-state index contributed by atoms with van der Waals surface area (Å²) in [6.45, 7) is 5.47. The van der Waals surface area contributed by atoms with Crippen LogP contribution in [0.25, 0.3) is 11.4 Å². The highest BCUT2D eigenvalue weighted by molar-refractivity contribution is 7.11. The molecule has 3 aromatic rings. The zero-order valence-electron chi connectivity index (χ0n) is 19.3. The molecule has 8 nitrogen and oxygen atoms in total. The van der Waals surface area contributed by atoms with Crippen LogP contribution in [0.3, 0.4) is 0 Å². The topological polar surface area (TPSA) is 91.7 Å². The van der Waals surface area contributed by atoms with E-state index in [9.17, 15) is 9.59 Å². The number of esters is 1. The molecule has 0 aliphatic carbocycles. The number of hydrogen-bond acceptors (Lipinski definition) is 7. The number of nitrogens with zero attached hydrogens (tertiary/aromatic N) is 2. The number of methoxy groups -OCH3 is 2. The summed E-state index contributed by atoms with van der Waals surface area (Å²) in [5.41, 5.74) is 3.97. The van der Waals surface area contributed by atoms with Gasteiger partial charge in [0.15, 0.2) is 0 Å². The summed E-state index contributed by atoms with van der Waals surface area (Å²) in [5, 5.41) is 4.98. The Bertz CT molecular complexity index is 1090. The Morgan fingerprint density at radius 2 is 1.94 bits per heavy atom. The second-order valence-corrected chi connectivity index (χ2v) is 8.14. The normalized spacial score (nSPS) is 10.8. The number of amides is 1. The zero-order chi connectivity index (χ0) is 23.8. The first kappa shape index (κ1) is 24.5. The van der Waals surface area contributed by atoms with Crippen molar-refractivity contribution in [3.8, 4) is 17.1 Å². The van der Waals surface area contributed by atoms with Gasteiger partial charge >= 0.3 is 5.97 Å². The molecule has 0 bridgehead atoms. The standard InChI is InChI=1S/C24H29N3O5S/c1-5-32-24(29)23-26-20(15-33-23)21-14-19(22(28)25-11-13-30-3)16(2)27(21)12-10-17-6-8-18(31-4)9-7-17/h6-9,14-15H,5,10-13H2,1-4H3,(H,25,28). The lowest BCUT2D eigenvalue weighted by Gasteiger charge is -2.12. The van der Waals surface area contributed by atoms with Crippen molar-refractivity contribution < 1.29 is 23.8 Å². The van der Waals surface area contributed by atoms with Crippen LogP contribution < -0.4 is 10.1 Å². The largest absolute Gasteiger partial charge is 0.497 e. The van der Waals surface area contributed by atoms with Crippen LogP contribution in [0.5, 0.6) is 5.75 Å². The van der Waals surface area contributed by atoms with Crippen LogP contribution in [0.1, 0.15) is 38.3 Å². The molecule has 0 aliphatic rings. The Morgan fingerprint density at radius 3 is 2.61 bits per heavy atom. The molecule has 0 aliphatic heterocycles. The fourth-order valence-corrected chi connectivity index (χ4v) is 4.15. The molecule has 1 amide bonds. The molecule has 3 rings (SSSR count). The van der Waals surface area contributed by atoms with Gasteiger partial charge < -0.3 is 24.1 Å². The lowest BCUT2D eigenvalue weighted by Crippen LogP contribution is -2.27. The second kappa shape index (κ2) is 11.6. The minimum absolute atomic E-state index is 0.171. The zero-order valence-corrected chi connectivity index (χ0v) is 20.2. The highest BCUT2D eigenvalue weighted by Gasteiger charge is 2.21. The number of ether oxygens (including phenoxy) is 3. The molecule has 33 heavy (non-hydrogen) atoms. The van der Waals surface area contributed by atoms with Gasteiger partial charge in [-0.2, -0.15) is 0 Å². The van der Waals surface area contributed by atoms with E-state index in [0.717, 1.165) is 29.1 Å². The second-order valence-electron chi connectivity index (χ2n) is 7.29. The van der Waals surface area contributed by atoms with Gasteiger partial charge in [0, 0.05) is 31.3 Å². The third-order valence-electron chi connectivity index (χ3n) is 5.20. The van der Waals surface area contributed by atoms with Crippen molar-refractivity contribution in [3.63, 3.8) is 0 Å². The van der Waals surface area contributed by atoms with Gasteiger partial charge in [-0.05, 0) is 44.0 Å². The molecule has 176 valence electrons. The average Bonchev–Trinajstić information content (AvgIpc) is 3.43. The van der Waals surface area contributed by atoms with E-state index in [4.69, 9.17) is 14.2 Å². The van der Waals surface area contributed by atoms with Gasteiger partial charge in [0.25, 0.3) is 5.91 Å². The van der Waals surface area contributed by atoms with Crippen molar-refractivity contribution in [2.75, 3.05) is 34.0 Å². The maximum atomic E-state index is 12.8. The molecular formula is C24H29N3O5S. The number of rotatable bonds is 11. The SMILES string of the molecule is CCOC(=O)c1nc(-c2cc(C(=O)NCCOC)c(C)n2CCc2ccc(OC)cc2)cs1. The van der Waals surface area contributed by atoms with Crippen molar-refractivity contribution in [2.45, 2.75) is 26.8 Å². The van der Waals surface area contributed by atoms with Crippen LogP contribution in [-0.2, 0) is 22.4 Å². The van der Waals surface area contributed by atoms with Crippen LogP contribution in [-0.4, -0.2) is 55.4 Å². The van der Waals surface area contributed by atoms with E-state index in [1.807, 2.05) is 42.6 Å². The molecular weight excluding hydrogens is 442 g/mol. The average molecular weight is 472 g/mol. The summed E-state index contributed by atoms with van der Waals surface area (Å²) in [6, 6.07) is 9.74. The molecule has 1 aromatic carbocycles. The molecule has 2 aromatic heterocycles. The Labute approximate surface area is 197 Å². The molecule has 1 N–H and O–H groups in total. The van der Waals surface area contributed by atoms with E-state index < -0.39 is 5.97 Å². The van der Waals surface area contributed by atoms with Gasteiger partial charge in [0.2, 0.25) is 5.01 Å². The van der Waals surface area contributed by atoms with Gasteiger partial charge in [0.1, 0.15) is 5.75 Å². The highest BCUT2D eigenvalue weighted by atomic mass is 32.1. The number of aromatic nitrogens is 2. The number of carbonyl (C=O) groups excluding carboxylic acids is 2. The van der Waals surface area contributed by atoms with Crippen molar-refractivity contribution in [2.24, 2.45) is 0 Å². The summed E-state index contributed by atoms with van der Waals surface area (Å²) in [7, 11) is 3.23. The van der Waals surface area contributed by atoms with Crippen molar-refractivity contribution in [3.05, 3.63) is 57.5 Å². The quantitative estimate of drug-likeness (QED) is 0.339. The molecule has 0 atom stereocenters. The van der Waals surface area contributed by atoms with Gasteiger partial charge in [-0.15, -0.1) is 11.3 Å². The number of nitrogens with one attached hydrogen (secondary N) is 1. The number of benzene rings is 1. The monoisotopic (exact) mass is 471 g/mol. The minimum atomic E-state index is -0.445. The Morgan fingerprint density at radius 1 is 1.18 bits per heavy atom. The maximum absolute atomic E-state index is 12.8. The molecule has 0 saturated carbocycles.